The van der Waals surface area contributed by atoms with Crippen molar-refractivity contribution in [1.29, 1.82) is 0 Å². The van der Waals surface area contributed by atoms with Crippen molar-refractivity contribution in [2.45, 2.75) is 44.7 Å². The van der Waals surface area contributed by atoms with Crippen LogP contribution in [-0.2, 0) is 19.0 Å². The molecule has 3 N–H and O–H groups in total. The van der Waals surface area contributed by atoms with E-state index in [1.165, 1.54) is 0 Å². The molecule has 2 rings (SSSR count). The fourth-order valence-corrected chi connectivity index (χ4v) is 4.38. The minimum absolute atomic E-state index is 0.00667. The third kappa shape index (κ3) is 11.9. The summed E-state index contributed by atoms with van der Waals surface area (Å²) in [5.74, 6) is 2.92. The van der Waals surface area contributed by atoms with Crippen molar-refractivity contribution >= 4 is 36.3 Å². The van der Waals surface area contributed by atoms with Gasteiger partial charge in [0, 0.05) is 30.2 Å². The lowest BCUT2D eigenvalue weighted by Gasteiger charge is -2.20. The Labute approximate surface area is 184 Å². The van der Waals surface area contributed by atoms with Crippen LogP contribution >= 0.6 is 24.4 Å². The molecule has 0 radical (unpaired) electrons. The number of carbonyl (C=O) groups is 2. The van der Waals surface area contributed by atoms with E-state index in [4.69, 9.17) is 14.2 Å². The molecule has 8 nitrogen and oxygen atoms in total. The zero-order valence-electron chi connectivity index (χ0n) is 17.7. The van der Waals surface area contributed by atoms with E-state index in [1.807, 2.05) is 11.8 Å². The average molecular weight is 452 g/mol. The van der Waals surface area contributed by atoms with Gasteiger partial charge in [0.25, 0.3) is 0 Å². The number of unbranched alkanes of at least 4 members (excludes halogenated alkanes) is 1. The first-order valence-electron chi connectivity index (χ1n) is 10.3. The minimum Gasteiger partial charge on any atom is -0.378 e. The van der Waals surface area contributed by atoms with Crippen molar-refractivity contribution in [3.05, 3.63) is 0 Å². The van der Waals surface area contributed by atoms with Crippen molar-refractivity contribution in [3.8, 4) is 0 Å². The summed E-state index contributed by atoms with van der Waals surface area (Å²) in [5, 5.41) is 8.62. The summed E-state index contributed by atoms with van der Waals surface area (Å²) < 4.78 is 15.8. The summed E-state index contributed by atoms with van der Waals surface area (Å²) in [6, 6.07) is 0.345. The highest BCUT2D eigenvalue weighted by Gasteiger charge is 2.46. The van der Waals surface area contributed by atoms with Gasteiger partial charge in [0.1, 0.15) is 0 Å². The highest BCUT2D eigenvalue weighted by atomic mass is 32.2. The van der Waals surface area contributed by atoms with Gasteiger partial charge in [0.2, 0.25) is 5.91 Å². The van der Waals surface area contributed by atoms with Crippen LogP contribution in [0.1, 0.15) is 33.1 Å². The lowest BCUT2D eigenvalue weighted by Crippen LogP contribution is -2.45. The number of hydrogen-bond donors (Lipinski definition) is 4. The molecule has 0 spiro atoms. The Bertz CT molecular complexity index is 473. The number of nitrogens with one attached hydrogen (secondary N) is 3. The van der Waals surface area contributed by atoms with E-state index in [-0.39, 0.29) is 17.5 Å². The van der Waals surface area contributed by atoms with Crippen molar-refractivity contribution in [3.63, 3.8) is 0 Å². The van der Waals surface area contributed by atoms with Gasteiger partial charge in [-0.05, 0) is 13.3 Å². The standard InChI is InChI=1S/C13H27NO4S.C6H10N2OS/c1-2-3-4-13(15)14-5-6-16-7-8-17-9-10-18-11-12-19;1-6-3-10-2-4(6)7-5(9)8-6/h19H,2-12H2,1H3,(H,14,15);4H,2-3H2,1H3,(H2,7,8,9). The van der Waals surface area contributed by atoms with Gasteiger partial charge in [-0.2, -0.15) is 24.4 Å². The normalized spacial score (nSPS) is 22.3. The van der Waals surface area contributed by atoms with Crippen LogP contribution in [-0.4, -0.2) is 87.0 Å². The summed E-state index contributed by atoms with van der Waals surface area (Å²) in [6.07, 6.45) is 2.58. The third-order valence-corrected chi connectivity index (χ3v) is 6.02. The van der Waals surface area contributed by atoms with Crippen LogP contribution in [0.4, 0.5) is 4.79 Å². The summed E-state index contributed by atoms with van der Waals surface area (Å²) in [5.41, 5.74) is 0.0295. The molecule has 2 unspecified atom stereocenters. The molecule has 2 aliphatic rings. The maximum absolute atomic E-state index is 11.3. The van der Waals surface area contributed by atoms with E-state index >= 15 is 0 Å². The first-order chi connectivity index (χ1) is 14.0. The molecule has 2 saturated heterocycles. The van der Waals surface area contributed by atoms with Crippen molar-refractivity contribution in [2.24, 2.45) is 0 Å². The molecule has 0 aromatic rings. The van der Waals surface area contributed by atoms with Gasteiger partial charge in [0.05, 0.1) is 51.2 Å². The highest BCUT2D eigenvalue weighted by molar-refractivity contribution is 7.99. The molecule has 3 amide bonds. The topological polar surface area (TPSA) is 97.9 Å². The molecule has 10 heteroatoms. The van der Waals surface area contributed by atoms with Crippen molar-refractivity contribution in [2.75, 3.05) is 63.4 Å². The molecule has 0 aromatic carbocycles. The minimum atomic E-state index is -0.00667. The molecule has 0 aliphatic carbocycles. The molecule has 0 aromatic heterocycles. The van der Waals surface area contributed by atoms with E-state index in [1.54, 1.807) is 0 Å². The zero-order chi connectivity index (χ0) is 21.4. The quantitative estimate of drug-likeness (QED) is 0.181. The van der Waals surface area contributed by atoms with Crippen LogP contribution in [0.25, 0.3) is 0 Å². The molecular weight excluding hydrogens is 414 g/mol. The van der Waals surface area contributed by atoms with Crippen LogP contribution in [0.3, 0.4) is 0 Å². The predicted molar refractivity (Wildman–Crippen MR) is 120 cm³/mol. The predicted octanol–water partition coefficient (Wildman–Crippen LogP) is 1.45. The van der Waals surface area contributed by atoms with Gasteiger partial charge in [-0.25, -0.2) is 4.79 Å². The Morgan fingerprint density at radius 1 is 1.21 bits per heavy atom. The van der Waals surface area contributed by atoms with Gasteiger partial charge in [-0.1, -0.05) is 13.3 Å². The molecule has 0 bridgehead atoms. The van der Waals surface area contributed by atoms with Crippen LogP contribution in [0.15, 0.2) is 0 Å². The van der Waals surface area contributed by atoms with Crippen molar-refractivity contribution in [1.82, 2.24) is 16.0 Å². The fraction of sp³-hybridized carbons (Fsp3) is 0.895. The molecule has 29 heavy (non-hydrogen) atoms. The highest BCUT2D eigenvalue weighted by Crippen LogP contribution is 2.30. The zero-order valence-corrected chi connectivity index (χ0v) is 19.4. The monoisotopic (exact) mass is 451 g/mol. The van der Waals surface area contributed by atoms with E-state index in [0.717, 1.165) is 30.1 Å². The number of urea groups is 1. The number of carbonyl (C=O) groups excluding carboxylic acids is 2. The second-order valence-corrected chi connectivity index (χ2v) is 8.58. The van der Waals surface area contributed by atoms with Gasteiger partial charge < -0.3 is 30.2 Å². The van der Waals surface area contributed by atoms with Gasteiger partial charge in [0.15, 0.2) is 0 Å². The molecule has 2 atom stereocenters. The number of ether oxygens (including phenoxy) is 3. The second-order valence-electron chi connectivity index (χ2n) is 7.10. The summed E-state index contributed by atoms with van der Waals surface area (Å²) in [6.45, 7) is 8.16. The molecular formula is C19H37N3O5S2. The van der Waals surface area contributed by atoms with Crippen molar-refractivity contribution < 1.29 is 23.8 Å². The Morgan fingerprint density at radius 3 is 2.48 bits per heavy atom. The van der Waals surface area contributed by atoms with Gasteiger partial charge in [-0.3, -0.25) is 4.79 Å². The summed E-state index contributed by atoms with van der Waals surface area (Å²) in [7, 11) is 0. The van der Waals surface area contributed by atoms with Gasteiger partial charge in [-0.15, -0.1) is 0 Å². The Balaban J connectivity index is 0.000000345. The number of amides is 3. The lowest BCUT2D eigenvalue weighted by atomic mass is 9.99. The first kappa shape index (κ1) is 26.4. The fourth-order valence-electron chi connectivity index (χ4n) is 2.75. The van der Waals surface area contributed by atoms with E-state index in [2.05, 4.69) is 42.4 Å². The SMILES string of the molecule is CC12CSCC1NC(=O)N2.CCCCC(=O)NCCOCCOCCOCCS. The lowest BCUT2D eigenvalue weighted by molar-refractivity contribution is -0.121. The first-order valence-corrected chi connectivity index (χ1v) is 12.1. The number of rotatable bonds is 14. The molecule has 2 heterocycles. The van der Waals surface area contributed by atoms with Crippen LogP contribution in [0.5, 0.6) is 0 Å². The number of fused-ring (bicyclic) bond motifs is 1. The van der Waals surface area contributed by atoms with E-state index in [0.29, 0.717) is 58.6 Å². The summed E-state index contributed by atoms with van der Waals surface area (Å²) in [4.78, 5) is 22.1. The Hall–Kier alpha value is -0.680. The second kappa shape index (κ2) is 16.1. The molecule has 2 fully saturated rings. The number of thiol groups is 1. The Morgan fingerprint density at radius 2 is 1.86 bits per heavy atom. The third-order valence-electron chi connectivity index (χ3n) is 4.47. The largest absolute Gasteiger partial charge is 0.378 e. The number of hydrogen-bond acceptors (Lipinski definition) is 7. The molecule has 170 valence electrons. The van der Waals surface area contributed by atoms with Gasteiger partial charge >= 0.3 is 6.03 Å². The van der Waals surface area contributed by atoms with Crippen LogP contribution in [0.2, 0.25) is 0 Å². The maximum Gasteiger partial charge on any atom is 0.315 e. The average Bonchev–Trinajstić information content (AvgIpc) is 3.17. The summed E-state index contributed by atoms with van der Waals surface area (Å²) >= 11 is 5.92. The smallest absolute Gasteiger partial charge is 0.315 e. The van der Waals surface area contributed by atoms with E-state index in [9.17, 15) is 9.59 Å². The molecule has 2 aliphatic heterocycles. The van der Waals surface area contributed by atoms with E-state index < -0.39 is 0 Å². The molecule has 0 saturated carbocycles. The van der Waals surface area contributed by atoms with Crippen LogP contribution in [0, 0.1) is 0 Å². The number of thioether (sulfide) groups is 1. The maximum atomic E-state index is 11.3. The van der Waals surface area contributed by atoms with Crippen LogP contribution < -0.4 is 16.0 Å². The Kier molecular flexibility index (Phi) is 14.6.